The highest BCUT2D eigenvalue weighted by Gasteiger charge is 2.27. The van der Waals surface area contributed by atoms with Gasteiger partial charge in [0.05, 0.1) is 12.8 Å². The van der Waals surface area contributed by atoms with Crippen LogP contribution >= 0.6 is 0 Å². The number of rotatable bonds is 7. The maximum Gasteiger partial charge on any atom is 0.328 e. The van der Waals surface area contributed by atoms with Crippen molar-refractivity contribution < 1.29 is 19.4 Å². The van der Waals surface area contributed by atoms with E-state index in [1.54, 1.807) is 30.3 Å². The number of ether oxygens (including phenoxy) is 1. The van der Waals surface area contributed by atoms with Gasteiger partial charge in [-0.1, -0.05) is 50.6 Å². The second kappa shape index (κ2) is 9.84. The zero-order valence-corrected chi connectivity index (χ0v) is 17.7. The number of azo groups is 1. The highest BCUT2D eigenvalue weighted by atomic mass is 16.5. The first-order chi connectivity index (χ1) is 14.9. The number of nitrogens with one attached hydrogen (secondary N) is 1. The minimum Gasteiger partial charge on any atom is -0.506 e. The van der Waals surface area contributed by atoms with Crippen molar-refractivity contribution in [2.24, 2.45) is 16.1 Å². The highest BCUT2D eigenvalue weighted by molar-refractivity contribution is 5.97. The number of carbonyl (C=O) groups excluding carboxylic acids is 2. The fourth-order valence-electron chi connectivity index (χ4n) is 3.16. The van der Waals surface area contributed by atoms with Gasteiger partial charge in [0, 0.05) is 10.9 Å². The van der Waals surface area contributed by atoms with Gasteiger partial charge >= 0.3 is 5.97 Å². The van der Waals surface area contributed by atoms with E-state index in [1.807, 2.05) is 44.2 Å². The van der Waals surface area contributed by atoms with Crippen molar-refractivity contribution in [1.29, 1.82) is 0 Å². The number of benzene rings is 3. The second-order valence-electron chi connectivity index (χ2n) is 7.26. The fraction of sp³-hybridized carbons (Fsp3) is 0.250. The number of esters is 1. The number of phenols is 1. The molecular weight excluding hydrogens is 394 g/mol. The van der Waals surface area contributed by atoms with Gasteiger partial charge in [0.15, 0.2) is 0 Å². The first-order valence-electron chi connectivity index (χ1n) is 10.1. The number of aromatic hydroxyl groups is 1. The van der Waals surface area contributed by atoms with Crippen LogP contribution in [0.4, 0.5) is 11.4 Å². The van der Waals surface area contributed by atoms with Crippen molar-refractivity contribution in [2.45, 2.75) is 26.3 Å². The van der Waals surface area contributed by atoms with Crippen LogP contribution in [0.3, 0.4) is 0 Å². The van der Waals surface area contributed by atoms with Crippen LogP contribution in [0, 0.1) is 5.92 Å². The molecule has 0 heterocycles. The first-order valence-corrected chi connectivity index (χ1v) is 10.1. The smallest absolute Gasteiger partial charge is 0.328 e. The number of fused-ring (bicyclic) bond motifs is 1. The van der Waals surface area contributed by atoms with Gasteiger partial charge in [0.1, 0.15) is 17.5 Å². The third-order valence-corrected chi connectivity index (χ3v) is 5.23. The number of methoxy groups -OCH3 is 1. The molecule has 160 valence electrons. The zero-order valence-electron chi connectivity index (χ0n) is 17.7. The van der Waals surface area contributed by atoms with Crippen LogP contribution in [-0.4, -0.2) is 30.1 Å². The average Bonchev–Trinajstić information content (AvgIpc) is 2.81. The van der Waals surface area contributed by atoms with Crippen LogP contribution in [0.2, 0.25) is 0 Å². The Bertz CT molecular complexity index is 1110. The van der Waals surface area contributed by atoms with Crippen LogP contribution in [0.5, 0.6) is 5.75 Å². The summed E-state index contributed by atoms with van der Waals surface area (Å²) in [6.45, 7) is 3.83. The molecule has 0 aliphatic rings. The third-order valence-electron chi connectivity index (χ3n) is 5.23. The van der Waals surface area contributed by atoms with Gasteiger partial charge in [0.2, 0.25) is 0 Å². The Morgan fingerprint density at radius 1 is 1.03 bits per heavy atom. The van der Waals surface area contributed by atoms with E-state index in [2.05, 4.69) is 15.5 Å². The molecule has 0 fully saturated rings. The van der Waals surface area contributed by atoms with Crippen LogP contribution in [0.25, 0.3) is 10.8 Å². The molecule has 2 atom stereocenters. The van der Waals surface area contributed by atoms with Crippen molar-refractivity contribution in [2.75, 3.05) is 7.11 Å². The summed E-state index contributed by atoms with van der Waals surface area (Å²) < 4.78 is 4.80. The summed E-state index contributed by atoms with van der Waals surface area (Å²) in [5.74, 6) is -0.857. The van der Waals surface area contributed by atoms with Crippen LogP contribution in [-0.2, 0) is 9.53 Å². The molecule has 0 spiro atoms. The summed E-state index contributed by atoms with van der Waals surface area (Å²) in [7, 11) is 1.30. The van der Waals surface area contributed by atoms with Crippen LogP contribution in [0.15, 0.2) is 70.9 Å². The number of hydrogen-bond donors (Lipinski definition) is 2. The standard InChI is InChI=1S/C24H25N3O4/c1-4-15(2)21(24(30)31-3)25-23(29)17-9-12-18(13-10-17)26-27-22-19-8-6-5-7-16(19)11-14-20(22)28/h5-15,21,28H,4H2,1-3H3,(H,25,29)/t15-,21-/m0/s1. The summed E-state index contributed by atoms with van der Waals surface area (Å²) in [5, 5.41) is 23.1. The van der Waals surface area contributed by atoms with Gasteiger partial charge in [-0.3, -0.25) is 4.79 Å². The Morgan fingerprint density at radius 2 is 1.74 bits per heavy atom. The summed E-state index contributed by atoms with van der Waals surface area (Å²) in [4.78, 5) is 24.6. The predicted octanol–water partition coefficient (Wildman–Crippen LogP) is 5.28. The molecular formula is C24H25N3O4. The van der Waals surface area contributed by atoms with Crippen molar-refractivity contribution in [1.82, 2.24) is 5.32 Å². The quantitative estimate of drug-likeness (QED) is 0.402. The number of hydrogen-bond acceptors (Lipinski definition) is 6. The Balaban J connectivity index is 1.77. The molecule has 0 saturated carbocycles. The predicted molar refractivity (Wildman–Crippen MR) is 119 cm³/mol. The van der Waals surface area contributed by atoms with E-state index in [9.17, 15) is 14.7 Å². The Morgan fingerprint density at radius 3 is 2.42 bits per heavy atom. The lowest BCUT2D eigenvalue weighted by Crippen LogP contribution is -2.45. The van der Waals surface area contributed by atoms with Crippen molar-refractivity contribution >= 4 is 34.0 Å². The van der Waals surface area contributed by atoms with Crippen molar-refractivity contribution in [3.63, 3.8) is 0 Å². The lowest BCUT2D eigenvalue weighted by atomic mass is 9.99. The van der Waals surface area contributed by atoms with Gasteiger partial charge < -0.3 is 15.2 Å². The Kier molecular flexibility index (Phi) is 6.97. The van der Waals surface area contributed by atoms with Gasteiger partial charge in [0.25, 0.3) is 5.91 Å². The molecule has 0 bridgehead atoms. The van der Waals surface area contributed by atoms with Crippen molar-refractivity contribution in [3.05, 3.63) is 66.2 Å². The summed E-state index contributed by atoms with van der Waals surface area (Å²) >= 11 is 0. The number of carbonyl (C=O) groups is 2. The van der Waals surface area contributed by atoms with E-state index in [1.165, 1.54) is 7.11 Å². The molecule has 1 amide bonds. The molecule has 3 aromatic carbocycles. The number of phenolic OH excluding ortho intramolecular Hbond substituents is 1. The number of nitrogens with zero attached hydrogens (tertiary/aromatic N) is 2. The maximum absolute atomic E-state index is 12.6. The lowest BCUT2D eigenvalue weighted by Gasteiger charge is -2.21. The fourth-order valence-corrected chi connectivity index (χ4v) is 3.16. The minimum absolute atomic E-state index is 0.0392. The number of amides is 1. The monoisotopic (exact) mass is 419 g/mol. The van der Waals surface area contributed by atoms with Gasteiger partial charge in [-0.05, 0) is 41.6 Å². The molecule has 7 heteroatoms. The Hall–Kier alpha value is -3.74. The second-order valence-corrected chi connectivity index (χ2v) is 7.26. The topological polar surface area (TPSA) is 100 Å². The van der Waals surface area contributed by atoms with Gasteiger partial charge in [-0.2, -0.15) is 5.11 Å². The lowest BCUT2D eigenvalue weighted by molar-refractivity contribution is -0.144. The van der Waals surface area contributed by atoms with Gasteiger partial charge in [-0.15, -0.1) is 5.11 Å². The van der Waals surface area contributed by atoms with Crippen LogP contribution in [0.1, 0.15) is 30.6 Å². The van der Waals surface area contributed by atoms with Crippen LogP contribution < -0.4 is 5.32 Å². The Labute approximate surface area is 180 Å². The summed E-state index contributed by atoms with van der Waals surface area (Å²) in [6, 6.07) is 16.8. The summed E-state index contributed by atoms with van der Waals surface area (Å²) in [6.07, 6.45) is 0.723. The largest absolute Gasteiger partial charge is 0.506 e. The highest BCUT2D eigenvalue weighted by Crippen LogP contribution is 2.35. The third kappa shape index (κ3) is 5.06. The van der Waals surface area contributed by atoms with E-state index in [-0.39, 0.29) is 17.6 Å². The minimum atomic E-state index is -0.712. The zero-order chi connectivity index (χ0) is 22.4. The van der Waals surface area contributed by atoms with E-state index in [0.717, 1.165) is 17.2 Å². The molecule has 0 aliphatic heterocycles. The van der Waals surface area contributed by atoms with E-state index < -0.39 is 12.0 Å². The molecule has 31 heavy (non-hydrogen) atoms. The molecule has 0 radical (unpaired) electrons. The molecule has 3 aromatic rings. The maximum atomic E-state index is 12.6. The first kappa shape index (κ1) is 22.0. The van der Waals surface area contributed by atoms with E-state index in [4.69, 9.17) is 4.74 Å². The normalized spacial score (nSPS) is 13.1. The molecule has 2 N–H and O–H groups in total. The SMILES string of the molecule is CC[C@H](C)[C@H](NC(=O)c1ccc(N=Nc2c(O)ccc3ccccc23)cc1)C(=O)OC. The molecule has 7 nitrogen and oxygen atoms in total. The molecule has 3 rings (SSSR count). The van der Waals surface area contributed by atoms with E-state index >= 15 is 0 Å². The molecule has 0 aromatic heterocycles. The average molecular weight is 419 g/mol. The van der Waals surface area contributed by atoms with Gasteiger partial charge in [-0.25, -0.2) is 4.79 Å². The summed E-state index contributed by atoms with van der Waals surface area (Å²) in [5.41, 5.74) is 1.30. The van der Waals surface area contributed by atoms with E-state index in [0.29, 0.717) is 16.9 Å². The molecule has 0 aliphatic carbocycles. The molecule has 0 saturated heterocycles. The van der Waals surface area contributed by atoms with Crippen molar-refractivity contribution in [3.8, 4) is 5.75 Å². The molecule has 0 unspecified atom stereocenters.